The summed E-state index contributed by atoms with van der Waals surface area (Å²) < 4.78 is 38.6. The van der Waals surface area contributed by atoms with Crippen LogP contribution >= 0.6 is 0 Å². The van der Waals surface area contributed by atoms with Crippen LogP contribution in [0.2, 0.25) is 0 Å². The quantitative estimate of drug-likeness (QED) is 0.291. The smallest absolute Gasteiger partial charge is 0.142 e. The van der Waals surface area contributed by atoms with Gasteiger partial charge in [-0.2, -0.15) is 0 Å². The molecular formula is C28H34F2N4O. The Labute approximate surface area is 205 Å². The Morgan fingerprint density at radius 2 is 1.60 bits per heavy atom. The highest BCUT2D eigenvalue weighted by Gasteiger charge is 2.29. The molecule has 1 saturated heterocycles. The van der Waals surface area contributed by atoms with Gasteiger partial charge in [-0.1, -0.05) is 20.8 Å². The summed E-state index contributed by atoms with van der Waals surface area (Å²) in [4.78, 5) is 8.83. The third-order valence-corrected chi connectivity index (χ3v) is 7.39. The molecule has 0 amide bonds. The molecule has 4 aromatic rings. The van der Waals surface area contributed by atoms with Crippen LogP contribution in [0.25, 0.3) is 22.1 Å². The lowest BCUT2D eigenvalue weighted by Gasteiger charge is -2.32. The Kier molecular flexibility index (Phi) is 6.38. The van der Waals surface area contributed by atoms with Crippen molar-refractivity contribution in [2.24, 2.45) is 0 Å². The van der Waals surface area contributed by atoms with Gasteiger partial charge >= 0.3 is 0 Å². The summed E-state index contributed by atoms with van der Waals surface area (Å²) in [6, 6.07) is 3.68. The zero-order valence-electron chi connectivity index (χ0n) is 21.1. The van der Waals surface area contributed by atoms with E-state index in [0.717, 1.165) is 52.5 Å². The molecule has 4 aromatic heterocycles. The maximum Gasteiger partial charge on any atom is 0.142 e. The van der Waals surface area contributed by atoms with E-state index in [4.69, 9.17) is 4.74 Å². The minimum Gasteiger partial charge on any atom is -0.378 e. The van der Waals surface area contributed by atoms with E-state index in [1.165, 1.54) is 12.4 Å². The second-order valence-corrected chi connectivity index (χ2v) is 10.6. The van der Waals surface area contributed by atoms with Gasteiger partial charge in [0.2, 0.25) is 0 Å². The summed E-state index contributed by atoms with van der Waals surface area (Å²) >= 11 is 0. The normalized spacial score (nSPS) is 19.9. The van der Waals surface area contributed by atoms with Gasteiger partial charge in [-0.15, -0.1) is 0 Å². The molecule has 5 heterocycles. The SMILES string of the molecule is CC(C)c1cn(C2CCOC(CC(C)c3cn(C(C)C)c4ncc(F)cc34)C2)c2ncc(F)cc12. The van der Waals surface area contributed by atoms with Crippen LogP contribution in [0.5, 0.6) is 0 Å². The van der Waals surface area contributed by atoms with E-state index in [0.29, 0.717) is 6.61 Å². The van der Waals surface area contributed by atoms with Crippen molar-refractivity contribution in [3.8, 4) is 0 Å². The minimum atomic E-state index is -0.314. The van der Waals surface area contributed by atoms with Gasteiger partial charge in [0.15, 0.2) is 0 Å². The maximum atomic E-state index is 14.1. The van der Waals surface area contributed by atoms with E-state index in [1.807, 2.05) is 0 Å². The molecule has 7 heteroatoms. The highest BCUT2D eigenvalue weighted by atomic mass is 19.1. The molecule has 5 rings (SSSR count). The van der Waals surface area contributed by atoms with E-state index in [9.17, 15) is 8.78 Å². The molecule has 0 bridgehead atoms. The molecule has 5 nitrogen and oxygen atoms in total. The summed E-state index contributed by atoms with van der Waals surface area (Å²) in [5.41, 5.74) is 3.90. The van der Waals surface area contributed by atoms with Crippen LogP contribution < -0.4 is 0 Å². The fraction of sp³-hybridized carbons (Fsp3) is 0.500. The van der Waals surface area contributed by atoms with Crippen LogP contribution in [0.4, 0.5) is 8.78 Å². The zero-order chi connectivity index (χ0) is 24.9. The third kappa shape index (κ3) is 4.46. The fourth-order valence-electron chi connectivity index (χ4n) is 5.58. The van der Waals surface area contributed by atoms with Crippen molar-refractivity contribution in [3.63, 3.8) is 0 Å². The van der Waals surface area contributed by atoms with Crippen molar-refractivity contribution in [2.45, 2.75) is 83.9 Å². The van der Waals surface area contributed by atoms with Gasteiger partial charge in [-0.25, -0.2) is 18.7 Å². The first-order chi connectivity index (χ1) is 16.7. The van der Waals surface area contributed by atoms with Crippen LogP contribution in [0.3, 0.4) is 0 Å². The van der Waals surface area contributed by atoms with Crippen molar-refractivity contribution in [3.05, 3.63) is 59.7 Å². The van der Waals surface area contributed by atoms with Crippen molar-refractivity contribution >= 4 is 22.1 Å². The Morgan fingerprint density at radius 1 is 0.943 bits per heavy atom. The largest absolute Gasteiger partial charge is 0.378 e. The number of fused-ring (bicyclic) bond motifs is 2. The number of pyridine rings is 2. The number of ether oxygens (including phenoxy) is 1. The Morgan fingerprint density at radius 3 is 2.26 bits per heavy atom. The molecule has 186 valence electrons. The van der Waals surface area contributed by atoms with Gasteiger partial charge in [0.25, 0.3) is 0 Å². The lowest BCUT2D eigenvalue weighted by atomic mass is 9.90. The number of hydrogen-bond acceptors (Lipinski definition) is 3. The van der Waals surface area contributed by atoms with Gasteiger partial charge in [-0.05, 0) is 68.2 Å². The Balaban J connectivity index is 1.41. The molecule has 1 fully saturated rings. The first-order valence-corrected chi connectivity index (χ1v) is 12.7. The summed E-state index contributed by atoms with van der Waals surface area (Å²) in [6.07, 6.45) is 9.54. The summed E-state index contributed by atoms with van der Waals surface area (Å²) in [7, 11) is 0. The van der Waals surface area contributed by atoms with Crippen molar-refractivity contribution in [1.82, 2.24) is 19.1 Å². The molecule has 0 aromatic carbocycles. The van der Waals surface area contributed by atoms with E-state index in [-0.39, 0.29) is 41.7 Å². The van der Waals surface area contributed by atoms with Crippen LogP contribution in [0, 0.1) is 11.6 Å². The second kappa shape index (κ2) is 9.34. The number of hydrogen-bond donors (Lipinski definition) is 0. The van der Waals surface area contributed by atoms with E-state index >= 15 is 0 Å². The molecule has 0 N–H and O–H groups in total. The lowest BCUT2D eigenvalue weighted by molar-refractivity contribution is -0.0121. The van der Waals surface area contributed by atoms with Gasteiger partial charge in [0.1, 0.15) is 22.9 Å². The molecule has 1 aliphatic rings. The average molecular weight is 481 g/mol. The Hall–Kier alpha value is -2.80. The predicted molar refractivity (Wildman–Crippen MR) is 135 cm³/mol. The van der Waals surface area contributed by atoms with Crippen LogP contribution in [0.1, 0.15) is 88.9 Å². The first kappa shape index (κ1) is 23.9. The highest BCUT2D eigenvalue weighted by molar-refractivity contribution is 5.82. The van der Waals surface area contributed by atoms with Crippen LogP contribution in [0.15, 0.2) is 36.9 Å². The van der Waals surface area contributed by atoms with Crippen molar-refractivity contribution < 1.29 is 13.5 Å². The van der Waals surface area contributed by atoms with Gasteiger partial charge in [-0.3, -0.25) is 0 Å². The monoisotopic (exact) mass is 480 g/mol. The first-order valence-electron chi connectivity index (χ1n) is 12.7. The van der Waals surface area contributed by atoms with Crippen molar-refractivity contribution in [1.29, 1.82) is 0 Å². The molecular weight excluding hydrogens is 446 g/mol. The topological polar surface area (TPSA) is 44.9 Å². The standard InChI is InChI=1S/C28H34F2N4O/c1-16(2)25-14-34(28-23(25)9-19(29)13-32-28)21-6-7-35-22(11-21)8-18(5)26-15-33(17(3)4)27-24(26)10-20(30)12-31-27/h9-10,12-18,21-22H,6-8,11H2,1-5H3. The molecule has 35 heavy (non-hydrogen) atoms. The third-order valence-electron chi connectivity index (χ3n) is 7.39. The molecule has 0 radical (unpaired) electrons. The molecule has 0 saturated carbocycles. The molecule has 0 spiro atoms. The minimum absolute atomic E-state index is 0.0723. The summed E-state index contributed by atoms with van der Waals surface area (Å²) in [5.74, 6) is -0.150. The maximum absolute atomic E-state index is 14.1. The summed E-state index contributed by atoms with van der Waals surface area (Å²) in [6.45, 7) is 11.3. The number of halogens is 2. The average Bonchev–Trinajstić information content (AvgIpc) is 3.38. The Bertz CT molecular complexity index is 1360. The molecule has 3 atom stereocenters. The molecule has 0 aliphatic carbocycles. The van der Waals surface area contributed by atoms with E-state index in [2.05, 4.69) is 66.1 Å². The molecule has 3 unspecified atom stereocenters. The fourth-order valence-corrected chi connectivity index (χ4v) is 5.58. The van der Waals surface area contributed by atoms with Crippen LogP contribution in [-0.2, 0) is 4.74 Å². The summed E-state index contributed by atoms with van der Waals surface area (Å²) in [5, 5.41) is 1.77. The van der Waals surface area contributed by atoms with Crippen LogP contribution in [-0.4, -0.2) is 31.8 Å². The van der Waals surface area contributed by atoms with Gasteiger partial charge in [0, 0.05) is 41.9 Å². The predicted octanol–water partition coefficient (Wildman–Crippen LogP) is 7.28. The van der Waals surface area contributed by atoms with E-state index in [1.54, 1.807) is 12.1 Å². The highest BCUT2D eigenvalue weighted by Crippen LogP contribution is 2.38. The number of aromatic nitrogens is 4. The lowest BCUT2D eigenvalue weighted by Crippen LogP contribution is -2.28. The zero-order valence-corrected chi connectivity index (χ0v) is 21.1. The van der Waals surface area contributed by atoms with E-state index < -0.39 is 0 Å². The van der Waals surface area contributed by atoms with Gasteiger partial charge in [0.05, 0.1) is 18.5 Å². The number of rotatable bonds is 6. The van der Waals surface area contributed by atoms with Crippen molar-refractivity contribution in [2.75, 3.05) is 6.61 Å². The molecule has 1 aliphatic heterocycles. The van der Waals surface area contributed by atoms with Gasteiger partial charge < -0.3 is 13.9 Å². The number of nitrogens with zero attached hydrogens (tertiary/aromatic N) is 4. The second-order valence-electron chi connectivity index (χ2n) is 10.6.